The summed E-state index contributed by atoms with van der Waals surface area (Å²) in [6.07, 6.45) is 1.72. The topological polar surface area (TPSA) is 97.1 Å². The van der Waals surface area contributed by atoms with Crippen molar-refractivity contribution in [3.63, 3.8) is 0 Å². The minimum Gasteiger partial charge on any atom is -0.378 e. The smallest absolute Gasteiger partial charge is 0.280 e. The number of hydrogen-bond acceptors (Lipinski definition) is 6. The molecule has 11 heteroatoms. The summed E-state index contributed by atoms with van der Waals surface area (Å²) in [7, 11) is 5.59. The van der Waals surface area contributed by atoms with Crippen molar-refractivity contribution in [2.75, 3.05) is 30.9 Å². The van der Waals surface area contributed by atoms with Crippen LogP contribution in [0.25, 0.3) is 10.9 Å². The summed E-state index contributed by atoms with van der Waals surface area (Å²) in [5, 5.41) is 6.68. The van der Waals surface area contributed by atoms with E-state index >= 15 is 0 Å². The number of anilines is 3. The third-order valence-electron chi connectivity index (χ3n) is 6.99. The summed E-state index contributed by atoms with van der Waals surface area (Å²) in [4.78, 5) is 36.9. The van der Waals surface area contributed by atoms with Crippen LogP contribution in [-0.2, 0) is 13.6 Å². The SMILES string of the molecule is Cc1c(C(=O)NCC#Cc2ccc3nc(Nc4ccc(N(C)C)cc4)ncc3c2)c(=O)n(Cc2ccc(F)c(F)c2)n1C. The molecular weight excluding hydrogens is 552 g/mol. The van der Waals surface area contributed by atoms with Gasteiger partial charge < -0.3 is 15.5 Å². The van der Waals surface area contributed by atoms with Gasteiger partial charge in [-0.1, -0.05) is 17.9 Å². The average Bonchev–Trinajstić information content (AvgIpc) is 3.20. The molecule has 0 unspecified atom stereocenters. The van der Waals surface area contributed by atoms with Crippen molar-refractivity contribution in [1.82, 2.24) is 24.6 Å². The third-order valence-corrected chi connectivity index (χ3v) is 6.99. The highest BCUT2D eigenvalue weighted by Gasteiger charge is 2.21. The summed E-state index contributed by atoms with van der Waals surface area (Å²) in [6, 6.07) is 16.9. The van der Waals surface area contributed by atoms with E-state index in [0.29, 0.717) is 17.2 Å². The Hall–Kier alpha value is -5.50. The second-order valence-electron chi connectivity index (χ2n) is 10.1. The minimum absolute atomic E-state index is 0.0137. The molecule has 0 aliphatic rings. The molecule has 2 heterocycles. The van der Waals surface area contributed by atoms with Gasteiger partial charge in [-0.2, -0.15) is 0 Å². The molecule has 0 aliphatic heterocycles. The standard InChI is InChI=1S/C32H29F2N7O2/c1-20-29(31(43)41(40(20)4)19-22-7-13-26(33)27(34)17-22)30(42)35-15-5-6-21-8-14-28-23(16-21)18-36-32(38-28)37-24-9-11-25(12-10-24)39(2)3/h7-14,16-18H,15,19H2,1-4H3,(H,35,42)(H,36,37,38). The lowest BCUT2D eigenvalue weighted by atomic mass is 10.1. The Bertz CT molecular complexity index is 1950. The molecule has 5 rings (SSSR count). The number of aromatic nitrogens is 4. The molecule has 218 valence electrons. The molecule has 0 radical (unpaired) electrons. The van der Waals surface area contributed by atoms with Crippen LogP contribution in [-0.4, -0.2) is 45.9 Å². The normalized spacial score (nSPS) is 10.7. The number of carbonyl (C=O) groups is 1. The molecule has 3 aromatic carbocycles. The fraction of sp³-hybridized carbons (Fsp3) is 0.188. The van der Waals surface area contributed by atoms with Crippen LogP contribution in [0, 0.1) is 30.4 Å². The number of carbonyl (C=O) groups excluding carboxylic acids is 1. The van der Waals surface area contributed by atoms with E-state index in [4.69, 9.17) is 0 Å². The summed E-state index contributed by atoms with van der Waals surface area (Å²) in [6.45, 7) is 1.63. The molecule has 2 aromatic heterocycles. The second kappa shape index (κ2) is 12.2. The maximum Gasteiger partial charge on any atom is 0.280 e. The number of hydrogen-bond donors (Lipinski definition) is 2. The highest BCUT2D eigenvalue weighted by Crippen LogP contribution is 2.20. The van der Waals surface area contributed by atoms with Gasteiger partial charge in [-0.25, -0.2) is 23.4 Å². The van der Waals surface area contributed by atoms with E-state index in [-0.39, 0.29) is 18.7 Å². The van der Waals surface area contributed by atoms with E-state index in [1.165, 1.54) is 15.4 Å². The molecule has 0 fully saturated rings. The van der Waals surface area contributed by atoms with E-state index in [9.17, 15) is 18.4 Å². The van der Waals surface area contributed by atoms with Crippen LogP contribution in [0.1, 0.15) is 27.2 Å². The largest absolute Gasteiger partial charge is 0.378 e. The van der Waals surface area contributed by atoms with Gasteiger partial charge in [0.2, 0.25) is 5.95 Å². The van der Waals surface area contributed by atoms with E-state index < -0.39 is 23.1 Å². The highest BCUT2D eigenvalue weighted by atomic mass is 19.2. The molecule has 43 heavy (non-hydrogen) atoms. The maximum atomic E-state index is 13.6. The Kier molecular flexibility index (Phi) is 8.20. The molecule has 0 saturated carbocycles. The molecule has 0 saturated heterocycles. The van der Waals surface area contributed by atoms with Crippen LogP contribution < -0.4 is 21.1 Å². The van der Waals surface area contributed by atoms with Gasteiger partial charge in [-0.3, -0.25) is 14.3 Å². The molecule has 2 N–H and O–H groups in total. The van der Waals surface area contributed by atoms with Crippen LogP contribution in [0.15, 0.2) is 71.7 Å². The monoisotopic (exact) mass is 581 g/mol. The lowest BCUT2D eigenvalue weighted by Gasteiger charge is -2.13. The van der Waals surface area contributed by atoms with Crippen LogP contribution in [0.5, 0.6) is 0 Å². The molecule has 0 bridgehead atoms. The summed E-state index contributed by atoms with van der Waals surface area (Å²) < 4.78 is 29.7. The predicted octanol–water partition coefficient (Wildman–Crippen LogP) is 4.36. The maximum absolute atomic E-state index is 13.6. The first-order chi connectivity index (χ1) is 20.6. The van der Waals surface area contributed by atoms with Crippen molar-refractivity contribution in [1.29, 1.82) is 0 Å². The second-order valence-corrected chi connectivity index (χ2v) is 10.1. The zero-order valence-electron chi connectivity index (χ0n) is 24.1. The van der Waals surface area contributed by atoms with E-state index in [2.05, 4.69) is 32.4 Å². The van der Waals surface area contributed by atoms with Gasteiger partial charge in [0.05, 0.1) is 18.6 Å². The summed E-state index contributed by atoms with van der Waals surface area (Å²) >= 11 is 0. The summed E-state index contributed by atoms with van der Waals surface area (Å²) in [5.74, 6) is 3.84. The Morgan fingerprint density at radius 1 is 1.02 bits per heavy atom. The lowest BCUT2D eigenvalue weighted by molar-refractivity contribution is 0.0956. The van der Waals surface area contributed by atoms with Crippen molar-refractivity contribution < 1.29 is 13.6 Å². The number of rotatable bonds is 7. The predicted molar refractivity (Wildman–Crippen MR) is 163 cm³/mol. The van der Waals surface area contributed by atoms with Gasteiger partial charge in [0, 0.05) is 55.4 Å². The van der Waals surface area contributed by atoms with Crippen molar-refractivity contribution in [3.8, 4) is 11.8 Å². The van der Waals surface area contributed by atoms with E-state index in [0.717, 1.165) is 40.0 Å². The zero-order chi connectivity index (χ0) is 30.7. The fourth-order valence-corrected chi connectivity index (χ4v) is 4.52. The van der Waals surface area contributed by atoms with E-state index in [1.807, 2.05) is 61.5 Å². The van der Waals surface area contributed by atoms with Crippen molar-refractivity contribution in [3.05, 3.63) is 111 Å². The molecule has 0 spiro atoms. The Labute approximate surface area is 246 Å². The van der Waals surface area contributed by atoms with Gasteiger partial charge >= 0.3 is 0 Å². The van der Waals surface area contributed by atoms with Crippen LogP contribution in [0.3, 0.4) is 0 Å². The van der Waals surface area contributed by atoms with Crippen molar-refractivity contribution >= 4 is 34.1 Å². The van der Waals surface area contributed by atoms with Crippen molar-refractivity contribution in [2.45, 2.75) is 13.5 Å². The Morgan fingerprint density at radius 2 is 1.79 bits per heavy atom. The Morgan fingerprint density at radius 3 is 2.51 bits per heavy atom. The molecule has 5 aromatic rings. The van der Waals surface area contributed by atoms with Gasteiger partial charge in [0.25, 0.3) is 11.5 Å². The third kappa shape index (κ3) is 6.38. The van der Waals surface area contributed by atoms with Gasteiger partial charge in [-0.15, -0.1) is 0 Å². The number of nitrogens with zero attached hydrogens (tertiary/aromatic N) is 5. The van der Waals surface area contributed by atoms with Crippen LogP contribution in [0.4, 0.5) is 26.1 Å². The first kappa shape index (κ1) is 29.0. The number of benzene rings is 3. The average molecular weight is 582 g/mol. The van der Waals surface area contributed by atoms with Gasteiger partial charge in [0.1, 0.15) is 5.56 Å². The number of fused-ring (bicyclic) bond motifs is 1. The summed E-state index contributed by atoms with van der Waals surface area (Å²) in [5.41, 5.74) is 3.69. The van der Waals surface area contributed by atoms with Crippen LogP contribution in [0.2, 0.25) is 0 Å². The Balaban J connectivity index is 1.23. The quantitative estimate of drug-likeness (QED) is 0.278. The molecule has 1 amide bonds. The first-order valence-corrected chi connectivity index (χ1v) is 13.4. The number of amides is 1. The highest BCUT2D eigenvalue weighted by molar-refractivity contribution is 5.95. The van der Waals surface area contributed by atoms with Crippen LogP contribution >= 0.6 is 0 Å². The van der Waals surface area contributed by atoms with Crippen molar-refractivity contribution in [2.24, 2.45) is 7.05 Å². The molecular formula is C32H29F2N7O2. The van der Waals surface area contributed by atoms with Gasteiger partial charge in [-0.05, 0) is 67.1 Å². The first-order valence-electron chi connectivity index (χ1n) is 13.4. The minimum atomic E-state index is -1.00. The fourth-order valence-electron chi connectivity index (χ4n) is 4.52. The lowest BCUT2D eigenvalue weighted by Crippen LogP contribution is -2.31. The molecule has 0 aliphatic carbocycles. The number of nitrogens with one attached hydrogen (secondary N) is 2. The zero-order valence-corrected chi connectivity index (χ0v) is 24.1. The number of halogens is 2. The molecule has 9 nitrogen and oxygen atoms in total. The molecule has 0 atom stereocenters. The van der Waals surface area contributed by atoms with E-state index in [1.54, 1.807) is 20.2 Å². The van der Waals surface area contributed by atoms with Gasteiger partial charge in [0.15, 0.2) is 11.6 Å².